The number of hydrogen-bond acceptors (Lipinski definition) is 1. The van der Waals surface area contributed by atoms with Gasteiger partial charge in [0.05, 0.1) is 11.0 Å². The molecule has 4 bridgehead atoms. The van der Waals surface area contributed by atoms with Crippen LogP contribution in [0.3, 0.4) is 0 Å². The number of nitrogens with zero attached hydrogens (tertiary/aromatic N) is 2. The molecule has 0 saturated heterocycles. The maximum absolute atomic E-state index is 2.55. The Hall–Kier alpha value is -7.42. The third-order valence-corrected chi connectivity index (χ3v) is 18.0. The second kappa shape index (κ2) is 14.5. The van der Waals surface area contributed by atoms with E-state index in [0.717, 1.165) is 46.4 Å². The third kappa shape index (κ3) is 5.55. The fourth-order valence-electron chi connectivity index (χ4n) is 15.3. The van der Waals surface area contributed by atoms with Crippen molar-refractivity contribution in [3.8, 4) is 50.2 Å². The van der Waals surface area contributed by atoms with Crippen molar-refractivity contribution in [2.45, 2.75) is 56.8 Å². The monoisotopic (exact) mass is 886 g/mol. The summed E-state index contributed by atoms with van der Waals surface area (Å²) < 4.78 is 2.43. The summed E-state index contributed by atoms with van der Waals surface area (Å²) >= 11 is 0. The van der Waals surface area contributed by atoms with E-state index < -0.39 is 0 Å². The zero-order chi connectivity index (χ0) is 45.6. The molecule has 0 aliphatic heterocycles. The zero-order valence-corrected chi connectivity index (χ0v) is 39.4. The minimum absolute atomic E-state index is 0.144. The molecule has 0 amide bonds. The van der Waals surface area contributed by atoms with Crippen LogP contribution in [-0.2, 0) is 10.8 Å². The molecule has 4 fully saturated rings. The minimum Gasteiger partial charge on any atom is -0.310 e. The van der Waals surface area contributed by atoms with Crippen molar-refractivity contribution in [2.24, 2.45) is 23.7 Å². The maximum Gasteiger partial charge on any atom is 0.0561 e. The van der Waals surface area contributed by atoms with Crippen LogP contribution >= 0.6 is 0 Å². The van der Waals surface area contributed by atoms with Crippen molar-refractivity contribution >= 4 is 38.9 Å². The largest absolute Gasteiger partial charge is 0.310 e. The number of para-hydroxylation sites is 2. The van der Waals surface area contributed by atoms with E-state index >= 15 is 0 Å². The molecule has 0 atom stereocenters. The van der Waals surface area contributed by atoms with Crippen molar-refractivity contribution in [3.05, 3.63) is 229 Å². The van der Waals surface area contributed by atoms with Crippen molar-refractivity contribution in [1.82, 2.24) is 4.57 Å². The van der Waals surface area contributed by atoms with E-state index in [2.05, 4.69) is 230 Å². The van der Waals surface area contributed by atoms with Crippen molar-refractivity contribution in [2.75, 3.05) is 4.90 Å². The van der Waals surface area contributed by atoms with Gasteiger partial charge in [-0.3, -0.25) is 0 Å². The fraction of sp³-hybridized carbons (Fsp3) is 0.194. The van der Waals surface area contributed by atoms with E-state index in [9.17, 15) is 0 Å². The zero-order valence-electron chi connectivity index (χ0n) is 39.4. The smallest absolute Gasteiger partial charge is 0.0561 e. The quantitative estimate of drug-likeness (QED) is 0.161. The highest BCUT2D eigenvalue weighted by atomic mass is 15.1. The Bertz CT molecular complexity index is 3680. The molecule has 1 aromatic heterocycles. The lowest BCUT2D eigenvalue weighted by atomic mass is 9.43. The minimum atomic E-state index is -0.144. The number of fused-ring (bicyclic) bond motifs is 9. The lowest BCUT2D eigenvalue weighted by molar-refractivity contribution is -0.0399. The Balaban J connectivity index is 0.900. The van der Waals surface area contributed by atoms with Crippen molar-refractivity contribution in [3.63, 3.8) is 0 Å². The van der Waals surface area contributed by atoms with Gasteiger partial charge in [-0.25, -0.2) is 0 Å². The second-order valence-corrected chi connectivity index (χ2v) is 21.7. The topological polar surface area (TPSA) is 8.17 Å². The third-order valence-electron chi connectivity index (χ3n) is 18.0. The molecule has 1 heterocycles. The highest BCUT2D eigenvalue weighted by Crippen LogP contribution is 2.70. The molecule has 2 heteroatoms. The molecule has 69 heavy (non-hydrogen) atoms. The Morgan fingerprint density at radius 2 is 0.957 bits per heavy atom. The Morgan fingerprint density at radius 1 is 0.391 bits per heavy atom. The van der Waals surface area contributed by atoms with Crippen molar-refractivity contribution in [1.29, 1.82) is 0 Å². The Kier molecular flexibility index (Phi) is 8.34. The standard InChI is InChI=1S/C67H54N2/c1-66(2)59-32-26-46(53-20-13-22-62-65(53)56-19-9-11-21-61(56)67(62)47-35-42-34-43(37-47)38-48(67)36-42)39-57(59)58-40-51(30-33-60(58)66)68(50-27-24-45(25-28-50)44-14-5-3-6-15-44)52-29-31-55-54-18-10-12-23-63(54)69(64(55)41-52)49-16-7-4-8-17-49/h3-33,39-43,47-48H,34-38H2,1-2H3. The van der Waals surface area contributed by atoms with Crippen LogP contribution in [0.25, 0.3) is 72.0 Å². The average Bonchev–Trinajstić information content (AvgIpc) is 3.97. The predicted molar refractivity (Wildman–Crippen MR) is 287 cm³/mol. The van der Waals surface area contributed by atoms with Gasteiger partial charge in [0.2, 0.25) is 0 Å². The van der Waals surface area contributed by atoms with Crippen LogP contribution in [0.4, 0.5) is 17.1 Å². The van der Waals surface area contributed by atoms with E-state index in [1.54, 1.807) is 11.1 Å². The lowest BCUT2D eigenvalue weighted by Gasteiger charge is -2.61. The van der Waals surface area contributed by atoms with Gasteiger partial charge in [-0.2, -0.15) is 0 Å². The summed E-state index contributed by atoms with van der Waals surface area (Å²) in [6.07, 6.45) is 7.07. The summed E-state index contributed by atoms with van der Waals surface area (Å²) in [5.41, 5.74) is 23.8. The highest BCUT2D eigenvalue weighted by Gasteiger charge is 2.61. The van der Waals surface area contributed by atoms with Crippen LogP contribution < -0.4 is 4.90 Å². The SMILES string of the molecule is CC1(C)c2ccc(-c3cccc4c3-c3ccccc3C43C4CC5CC(C4)CC3C5)cc2-c2cc(N(c3ccc(-c4ccccc4)cc3)c3ccc4c5ccccc5n(-c5ccccc5)c4c3)ccc21. The summed E-state index contributed by atoms with van der Waals surface area (Å²) in [5, 5.41) is 2.51. The molecule has 0 unspecified atom stereocenters. The lowest BCUT2D eigenvalue weighted by Crippen LogP contribution is -2.55. The van der Waals surface area contributed by atoms with Gasteiger partial charge in [0.1, 0.15) is 0 Å². The van der Waals surface area contributed by atoms with Gasteiger partial charge >= 0.3 is 0 Å². The van der Waals surface area contributed by atoms with Crippen LogP contribution in [0.1, 0.15) is 68.2 Å². The summed E-state index contributed by atoms with van der Waals surface area (Å²) in [6.45, 7) is 4.83. The molecule has 10 aromatic rings. The van der Waals surface area contributed by atoms with Crippen LogP contribution in [-0.4, -0.2) is 4.57 Å². The predicted octanol–water partition coefficient (Wildman–Crippen LogP) is 17.6. The number of aromatic nitrogens is 1. The van der Waals surface area contributed by atoms with Gasteiger partial charge in [0.15, 0.2) is 0 Å². The first-order valence-corrected chi connectivity index (χ1v) is 25.5. The first-order chi connectivity index (χ1) is 33.9. The van der Waals surface area contributed by atoms with Crippen LogP contribution in [0.15, 0.2) is 206 Å². The van der Waals surface area contributed by atoms with E-state index in [1.165, 1.54) is 110 Å². The van der Waals surface area contributed by atoms with E-state index in [1.807, 2.05) is 0 Å². The molecule has 1 spiro atoms. The molecule has 4 saturated carbocycles. The molecule has 9 aromatic carbocycles. The van der Waals surface area contributed by atoms with E-state index in [4.69, 9.17) is 0 Å². The number of benzene rings is 9. The summed E-state index contributed by atoms with van der Waals surface area (Å²) in [4.78, 5) is 2.47. The first-order valence-electron chi connectivity index (χ1n) is 25.5. The molecule has 6 aliphatic rings. The van der Waals surface area contributed by atoms with E-state index in [-0.39, 0.29) is 10.8 Å². The van der Waals surface area contributed by atoms with E-state index in [0.29, 0.717) is 0 Å². The summed E-state index contributed by atoms with van der Waals surface area (Å²) in [6, 6.07) is 78.2. The normalized spacial score (nSPS) is 21.9. The van der Waals surface area contributed by atoms with Gasteiger partial charge in [-0.15, -0.1) is 0 Å². The molecule has 16 rings (SSSR count). The molecule has 332 valence electrons. The van der Waals surface area contributed by atoms with Crippen molar-refractivity contribution < 1.29 is 0 Å². The molecule has 0 N–H and O–H groups in total. The van der Waals surface area contributed by atoms with Gasteiger partial charge in [-0.05, 0) is 183 Å². The van der Waals surface area contributed by atoms with Crippen LogP contribution in [0, 0.1) is 23.7 Å². The molecular weight excluding hydrogens is 833 g/mol. The number of rotatable bonds is 6. The first kappa shape index (κ1) is 39.6. The van der Waals surface area contributed by atoms with Crippen LogP contribution in [0.5, 0.6) is 0 Å². The summed E-state index contributed by atoms with van der Waals surface area (Å²) in [7, 11) is 0. The second-order valence-electron chi connectivity index (χ2n) is 21.7. The van der Waals surface area contributed by atoms with Crippen LogP contribution in [0.2, 0.25) is 0 Å². The highest BCUT2D eigenvalue weighted by molar-refractivity contribution is 6.10. The summed E-state index contributed by atoms with van der Waals surface area (Å²) in [5.74, 6) is 3.35. The fourth-order valence-corrected chi connectivity index (χ4v) is 15.3. The molecule has 2 nitrogen and oxygen atoms in total. The van der Waals surface area contributed by atoms with Gasteiger partial charge in [0, 0.05) is 44.4 Å². The molecule has 0 radical (unpaired) electrons. The Morgan fingerprint density at radius 3 is 1.74 bits per heavy atom. The number of anilines is 3. The Labute approximate surface area is 405 Å². The average molecular weight is 887 g/mol. The molecule has 6 aliphatic carbocycles. The van der Waals surface area contributed by atoms with Gasteiger partial charge in [-0.1, -0.05) is 159 Å². The van der Waals surface area contributed by atoms with Gasteiger partial charge < -0.3 is 9.47 Å². The molecular formula is C67H54N2. The van der Waals surface area contributed by atoms with Gasteiger partial charge in [0.25, 0.3) is 0 Å². The maximum atomic E-state index is 2.55. The number of hydrogen-bond donors (Lipinski definition) is 0.